The molecule has 3 rings (SSSR count). The van der Waals surface area contributed by atoms with Crippen LogP contribution in [0.15, 0.2) is 18.3 Å². The van der Waals surface area contributed by atoms with Gasteiger partial charge in [-0.15, -0.1) is 0 Å². The number of rotatable bonds is 2. The summed E-state index contributed by atoms with van der Waals surface area (Å²) >= 11 is 0. The van der Waals surface area contributed by atoms with Gasteiger partial charge in [-0.05, 0) is 44.7 Å². The smallest absolute Gasteiger partial charge is 0.167 e. The number of Topliss-reactive ketones (excluding diaryl/α,β-unsaturated/α-hetero) is 1. The molecule has 1 aliphatic heterocycles. The van der Waals surface area contributed by atoms with Crippen LogP contribution in [0.4, 0.5) is 0 Å². The van der Waals surface area contributed by atoms with E-state index in [9.17, 15) is 4.79 Å². The number of hydrogen-bond acceptors (Lipinski definition) is 3. The predicted molar refractivity (Wildman–Crippen MR) is 77.8 cm³/mol. The fourth-order valence-electron chi connectivity index (χ4n) is 3.76. The molecule has 20 heavy (non-hydrogen) atoms. The van der Waals surface area contributed by atoms with Gasteiger partial charge >= 0.3 is 0 Å². The van der Waals surface area contributed by atoms with E-state index in [-0.39, 0.29) is 17.3 Å². The van der Waals surface area contributed by atoms with E-state index >= 15 is 0 Å². The second-order valence-electron chi connectivity index (χ2n) is 6.28. The highest BCUT2D eigenvalue weighted by Crippen LogP contribution is 2.41. The molecule has 1 saturated carbocycles. The first-order valence-corrected chi connectivity index (χ1v) is 7.80. The Balaban J connectivity index is 1.77. The molecule has 1 aromatic heterocycles. The topological polar surface area (TPSA) is 39.2 Å². The summed E-state index contributed by atoms with van der Waals surface area (Å²) in [7, 11) is 0. The van der Waals surface area contributed by atoms with Crippen molar-refractivity contribution >= 4 is 5.78 Å². The molecule has 108 valence electrons. The SMILES string of the molecule is Cc1ncccc1C(=O)C1CCOC2(CCCCC2)C1. The van der Waals surface area contributed by atoms with Gasteiger partial charge in [0.1, 0.15) is 0 Å². The van der Waals surface area contributed by atoms with Crippen LogP contribution in [0.25, 0.3) is 0 Å². The fraction of sp³-hybridized carbons (Fsp3) is 0.647. The minimum absolute atomic E-state index is 0.00700. The molecule has 1 atom stereocenters. The molecule has 1 spiro atoms. The van der Waals surface area contributed by atoms with Gasteiger partial charge in [-0.2, -0.15) is 0 Å². The quantitative estimate of drug-likeness (QED) is 0.771. The molecule has 2 aliphatic rings. The minimum Gasteiger partial charge on any atom is -0.375 e. The van der Waals surface area contributed by atoms with Crippen LogP contribution in [0.1, 0.15) is 61.0 Å². The number of hydrogen-bond donors (Lipinski definition) is 0. The Morgan fingerprint density at radius 3 is 2.90 bits per heavy atom. The Morgan fingerprint density at radius 2 is 2.15 bits per heavy atom. The second-order valence-corrected chi connectivity index (χ2v) is 6.28. The van der Waals surface area contributed by atoms with Crippen molar-refractivity contribution in [3.05, 3.63) is 29.6 Å². The van der Waals surface area contributed by atoms with E-state index in [2.05, 4.69) is 4.98 Å². The summed E-state index contributed by atoms with van der Waals surface area (Å²) in [6, 6.07) is 3.77. The van der Waals surface area contributed by atoms with Crippen molar-refractivity contribution in [1.29, 1.82) is 0 Å². The zero-order chi connectivity index (χ0) is 14.0. The highest BCUT2D eigenvalue weighted by Gasteiger charge is 2.40. The summed E-state index contributed by atoms with van der Waals surface area (Å²) in [6.45, 7) is 2.65. The van der Waals surface area contributed by atoms with E-state index in [0.29, 0.717) is 0 Å². The van der Waals surface area contributed by atoms with E-state index < -0.39 is 0 Å². The molecule has 0 N–H and O–H groups in total. The fourth-order valence-corrected chi connectivity index (χ4v) is 3.76. The third-order valence-electron chi connectivity index (χ3n) is 4.90. The third kappa shape index (κ3) is 2.64. The Kier molecular flexibility index (Phi) is 3.88. The first kappa shape index (κ1) is 13.7. The first-order chi connectivity index (χ1) is 9.70. The van der Waals surface area contributed by atoms with Crippen molar-refractivity contribution < 1.29 is 9.53 Å². The first-order valence-electron chi connectivity index (χ1n) is 7.80. The molecule has 1 saturated heterocycles. The van der Waals surface area contributed by atoms with E-state index in [1.54, 1.807) is 6.20 Å². The average molecular weight is 273 g/mol. The van der Waals surface area contributed by atoms with E-state index in [4.69, 9.17) is 4.74 Å². The van der Waals surface area contributed by atoms with Crippen molar-refractivity contribution in [2.75, 3.05) is 6.61 Å². The van der Waals surface area contributed by atoms with Gasteiger partial charge in [0.15, 0.2) is 5.78 Å². The normalized spacial score (nSPS) is 25.6. The van der Waals surface area contributed by atoms with E-state index in [1.165, 1.54) is 19.3 Å². The molecule has 0 amide bonds. The van der Waals surface area contributed by atoms with Gasteiger partial charge in [0.25, 0.3) is 0 Å². The van der Waals surface area contributed by atoms with Crippen LogP contribution in [0, 0.1) is 12.8 Å². The molecule has 1 aliphatic carbocycles. The van der Waals surface area contributed by atoms with Crippen molar-refractivity contribution in [3.63, 3.8) is 0 Å². The third-order valence-corrected chi connectivity index (χ3v) is 4.90. The summed E-state index contributed by atoms with van der Waals surface area (Å²) in [6.07, 6.45) is 9.56. The number of ether oxygens (including phenoxy) is 1. The Morgan fingerprint density at radius 1 is 1.35 bits per heavy atom. The number of pyridine rings is 1. The molecular weight excluding hydrogens is 250 g/mol. The zero-order valence-corrected chi connectivity index (χ0v) is 12.2. The molecule has 0 bridgehead atoms. The molecule has 3 heteroatoms. The highest BCUT2D eigenvalue weighted by molar-refractivity contribution is 5.98. The largest absolute Gasteiger partial charge is 0.375 e. The lowest BCUT2D eigenvalue weighted by Crippen LogP contribution is -2.43. The summed E-state index contributed by atoms with van der Waals surface area (Å²) in [5.74, 6) is 0.383. The number of aryl methyl sites for hydroxylation is 1. The molecule has 1 aromatic rings. The van der Waals surface area contributed by atoms with Crippen LogP contribution < -0.4 is 0 Å². The highest BCUT2D eigenvalue weighted by atomic mass is 16.5. The van der Waals surface area contributed by atoms with Crippen molar-refractivity contribution in [3.8, 4) is 0 Å². The molecule has 1 unspecified atom stereocenters. The van der Waals surface area contributed by atoms with E-state index in [1.807, 2.05) is 19.1 Å². The van der Waals surface area contributed by atoms with Gasteiger partial charge in [0, 0.05) is 30.0 Å². The van der Waals surface area contributed by atoms with Gasteiger partial charge in [0.05, 0.1) is 5.60 Å². The van der Waals surface area contributed by atoms with Gasteiger partial charge in [-0.1, -0.05) is 19.3 Å². The maximum Gasteiger partial charge on any atom is 0.167 e. The van der Waals surface area contributed by atoms with Crippen LogP contribution in [-0.2, 0) is 4.74 Å². The number of aromatic nitrogens is 1. The van der Waals surface area contributed by atoms with Gasteiger partial charge in [-0.3, -0.25) is 9.78 Å². The molecule has 2 fully saturated rings. The van der Waals surface area contributed by atoms with Crippen LogP contribution in [-0.4, -0.2) is 23.0 Å². The van der Waals surface area contributed by atoms with Crippen molar-refractivity contribution in [2.45, 2.75) is 57.5 Å². The van der Waals surface area contributed by atoms with Gasteiger partial charge < -0.3 is 4.74 Å². The monoisotopic (exact) mass is 273 g/mol. The molecular formula is C17H23NO2. The van der Waals surface area contributed by atoms with Crippen molar-refractivity contribution in [2.24, 2.45) is 5.92 Å². The zero-order valence-electron chi connectivity index (χ0n) is 12.2. The van der Waals surface area contributed by atoms with Gasteiger partial charge in [0.2, 0.25) is 0 Å². The molecule has 3 nitrogen and oxygen atoms in total. The number of ketones is 1. The lowest BCUT2D eigenvalue weighted by molar-refractivity contribution is -0.111. The Hall–Kier alpha value is -1.22. The van der Waals surface area contributed by atoms with Crippen LogP contribution in [0.3, 0.4) is 0 Å². The molecule has 0 radical (unpaired) electrons. The standard InChI is InChI=1S/C17H23NO2/c1-13-15(6-5-10-18-13)16(19)14-7-11-20-17(12-14)8-3-2-4-9-17/h5-6,10,14H,2-4,7-9,11-12H2,1H3. The number of nitrogens with zero attached hydrogens (tertiary/aromatic N) is 1. The average Bonchev–Trinajstić information content (AvgIpc) is 2.48. The van der Waals surface area contributed by atoms with Crippen LogP contribution in [0.5, 0.6) is 0 Å². The maximum atomic E-state index is 12.8. The Bertz CT molecular complexity index is 486. The van der Waals surface area contributed by atoms with Crippen LogP contribution in [0.2, 0.25) is 0 Å². The number of carbonyl (C=O) groups excluding carboxylic acids is 1. The van der Waals surface area contributed by atoms with Gasteiger partial charge in [-0.25, -0.2) is 0 Å². The summed E-state index contributed by atoms with van der Waals surface area (Å²) in [5, 5.41) is 0. The maximum absolute atomic E-state index is 12.8. The molecule has 2 heterocycles. The molecule has 0 aromatic carbocycles. The Labute approximate surface area is 120 Å². The predicted octanol–water partition coefficient (Wildman–Crippen LogP) is 3.70. The lowest BCUT2D eigenvalue weighted by atomic mass is 9.74. The summed E-state index contributed by atoms with van der Waals surface area (Å²) < 4.78 is 6.09. The van der Waals surface area contributed by atoms with Crippen molar-refractivity contribution in [1.82, 2.24) is 4.98 Å². The minimum atomic E-state index is -0.00700. The summed E-state index contributed by atoms with van der Waals surface area (Å²) in [5.41, 5.74) is 1.64. The van der Waals surface area contributed by atoms with Crippen LogP contribution >= 0.6 is 0 Å². The second kappa shape index (κ2) is 5.65. The lowest BCUT2D eigenvalue weighted by Gasteiger charge is -2.43. The number of carbonyl (C=O) groups is 1. The van der Waals surface area contributed by atoms with E-state index in [0.717, 1.165) is 43.5 Å². The summed E-state index contributed by atoms with van der Waals surface area (Å²) in [4.78, 5) is 17.0.